The first kappa shape index (κ1) is 84.8. The van der Waals surface area contributed by atoms with E-state index in [2.05, 4.69) is 22.0 Å². The highest BCUT2D eigenvalue weighted by Crippen LogP contribution is 2.39. The molecule has 23 nitrogen and oxygen atoms in total. The zero-order valence-electron chi connectivity index (χ0n) is 67.7. The number of piperazine rings is 2. The zero-order chi connectivity index (χ0) is 83.6. The first-order valence-electron chi connectivity index (χ1n) is 40.4. The van der Waals surface area contributed by atoms with Gasteiger partial charge in [-0.15, -0.1) is 0 Å². The fourth-order valence-corrected chi connectivity index (χ4v) is 16.0. The number of aliphatic carboxylic acids is 1. The van der Waals surface area contributed by atoms with Crippen molar-refractivity contribution in [2.24, 2.45) is 17.6 Å². The number of nitrogens with two attached hydrogens (primary N) is 1. The first-order valence-corrected chi connectivity index (χ1v) is 40.4. The van der Waals surface area contributed by atoms with Crippen molar-refractivity contribution in [2.75, 3.05) is 40.3 Å². The van der Waals surface area contributed by atoms with Gasteiger partial charge in [0, 0.05) is 72.4 Å². The molecule has 117 heavy (non-hydrogen) atoms. The summed E-state index contributed by atoms with van der Waals surface area (Å²) in [7, 11) is 3.13. The van der Waals surface area contributed by atoms with Crippen molar-refractivity contribution in [3.05, 3.63) is 238 Å². The van der Waals surface area contributed by atoms with E-state index in [-0.39, 0.29) is 93.3 Å². The number of halogens is 2. The van der Waals surface area contributed by atoms with Crippen molar-refractivity contribution in [3.63, 3.8) is 0 Å². The average molecular weight is 1600 g/mol. The van der Waals surface area contributed by atoms with Gasteiger partial charge in [-0.25, -0.2) is 23.2 Å². The summed E-state index contributed by atoms with van der Waals surface area (Å²) in [5, 5.41) is 22.1. The van der Waals surface area contributed by atoms with Crippen LogP contribution in [0.5, 0.6) is 0 Å². The predicted molar refractivity (Wildman–Crippen MR) is 439 cm³/mol. The van der Waals surface area contributed by atoms with Gasteiger partial charge in [-0.3, -0.25) is 43.4 Å². The number of likely N-dealkylation sites (N-methyl/N-ethyl adjacent to an activating group) is 2. The largest absolute Gasteiger partial charge is 0.480 e. The molecule has 2 unspecified atom stereocenters. The van der Waals surface area contributed by atoms with Gasteiger partial charge in [0.05, 0.1) is 19.1 Å². The highest BCUT2D eigenvalue weighted by atomic mass is 19.1. The normalized spacial score (nSPS) is 19.1. The fraction of sp³-hybridized carbons (Fsp3) is 0.413. The van der Waals surface area contributed by atoms with Gasteiger partial charge < -0.3 is 55.9 Å². The molecular weight excluding hydrogens is 1490 g/mol. The van der Waals surface area contributed by atoms with Crippen LogP contribution in [-0.2, 0) is 99.4 Å². The number of carboxylic acids is 1. The Bertz CT molecular complexity index is 4970. The van der Waals surface area contributed by atoms with Crippen LogP contribution >= 0.6 is 0 Å². The molecule has 2 aliphatic carbocycles. The molecule has 2 saturated heterocycles. The van der Waals surface area contributed by atoms with E-state index in [9.17, 15) is 61.8 Å². The first-order chi connectivity index (χ1) is 55.9. The van der Waals surface area contributed by atoms with Crippen LogP contribution in [-0.4, -0.2) is 194 Å². The van der Waals surface area contributed by atoms with E-state index in [1.165, 1.54) is 34.1 Å². The van der Waals surface area contributed by atoms with Crippen molar-refractivity contribution in [1.29, 1.82) is 0 Å². The number of hydrogen-bond donors (Lipinski definition) is 5. The van der Waals surface area contributed by atoms with Gasteiger partial charge in [0.25, 0.3) is 0 Å². The lowest BCUT2D eigenvalue weighted by Crippen LogP contribution is -2.66. The quantitative estimate of drug-likeness (QED) is 0.0447. The van der Waals surface area contributed by atoms with Crippen molar-refractivity contribution in [2.45, 2.75) is 191 Å². The zero-order valence-corrected chi connectivity index (χ0v) is 67.7. The summed E-state index contributed by atoms with van der Waals surface area (Å²) in [5.74, 6) is -3.48. The maximum absolute atomic E-state index is 14.9. The molecule has 8 atom stereocenters. The van der Waals surface area contributed by atoms with Crippen LogP contribution in [0, 0.1) is 23.5 Å². The lowest BCUT2D eigenvalue weighted by Gasteiger charge is -2.44. The molecule has 0 aromatic heterocycles. The van der Waals surface area contributed by atoms with Crippen LogP contribution in [0.2, 0.25) is 0 Å². The Morgan fingerprint density at radius 1 is 0.462 bits per heavy atom. The molecule has 0 spiro atoms. The molecule has 0 bridgehead atoms. The van der Waals surface area contributed by atoms with E-state index in [0.29, 0.717) is 50.1 Å². The highest BCUT2D eigenvalue weighted by molar-refractivity contribution is 5.98. The van der Waals surface area contributed by atoms with Gasteiger partial charge in [0.2, 0.25) is 41.4 Å². The fourth-order valence-electron chi connectivity index (χ4n) is 16.0. The monoisotopic (exact) mass is 1600 g/mol. The van der Waals surface area contributed by atoms with E-state index in [1.807, 2.05) is 127 Å². The number of carbonyl (C=O) groups is 10. The molecule has 25 heteroatoms. The number of rotatable bonds is 21. The van der Waals surface area contributed by atoms with Crippen LogP contribution in [0.1, 0.15) is 125 Å². The van der Waals surface area contributed by atoms with E-state index in [1.54, 1.807) is 99.5 Å². The Morgan fingerprint density at radius 2 is 0.838 bits per heavy atom. The molecule has 4 heterocycles. The van der Waals surface area contributed by atoms with Crippen LogP contribution in [0.4, 0.5) is 18.4 Å². The maximum Gasteiger partial charge on any atom is 0.411 e. The van der Waals surface area contributed by atoms with Crippen LogP contribution in [0.25, 0.3) is 21.5 Å². The second-order valence-corrected chi connectivity index (χ2v) is 33.4. The minimum atomic E-state index is -1.15. The molecule has 4 fully saturated rings. The van der Waals surface area contributed by atoms with E-state index in [0.717, 1.165) is 86.2 Å². The number of nitrogens with zero attached hydrogens (tertiary/aromatic N) is 6. The lowest BCUT2D eigenvalue weighted by atomic mass is 9.93. The highest BCUT2D eigenvalue weighted by Gasteiger charge is 2.49. The summed E-state index contributed by atoms with van der Waals surface area (Å²) in [6, 6.07) is 48.1. The molecule has 0 radical (unpaired) electrons. The minimum absolute atomic E-state index is 0.0218. The summed E-state index contributed by atoms with van der Waals surface area (Å²) in [6.07, 6.45) is 5.16. The molecule has 8 aromatic rings. The number of benzene rings is 8. The number of carboxylic acid groups (broad SMARTS) is 1. The second kappa shape index (κ2) is 37.1. The van der Waals surface area contributed by atoms with Crippen molar-refractivity contribution >= 4 is 81.1 Å². The van der Waals surface area contributed by atoms with E-state index in [4.69, 9.17) is 15.2 Å². The standard InChI is InChI=1S/C46H52FN5O6.C31H35FN4O3.C15H19NO4/c1-46(2,3)58-45(57)52-28-35-12-8-7-11-34(35)27-39(52)42(54)49-37(24-29-16-19-36(47)20-17-29)43(55)51-22-21-50(44(56)40(51)25-30-13-14-30)38(41(53)48-4)26-31-15-18-32-9-5-6-10-33(32)23-31;1-34-29(37)27(19-22-8-11-23-4-2-3-5-24(23)16-22)35-14-15-36(28(31(35)39)18-21-6-7-21)30(38)26(33)17-20-9-12-25(32)13-10-20;1-15(2,3)20-14(19)16-9-11-7-5-4-6-10(11)8-12(16)13(17)18/h5-12,15-20,23,30,37-40H,13-14,21-22,24-28H2,1-4H3,(H,48,53)(H,49,54);2-5,8-13,16,21,26-28H,6-7,14-15,17-19,33H2,1H3,(H,34,37);4-7,12H,8-9H2,1-3H3,(H,17,18)/t37-,38+,39?,40+;26-,27+,28+;/m11./s1. The van der Waals surface area contributed by atoms with Crippen LogP contribution < -0.4 is 21.7 Å². The number of ether oxygens (including phenoxy) is 2. The number of carbonyl (C=O) groups excluding carboxylic acids is 9. The van der Waals surface area contributed by atoms with Gasteiger partial charge in [-0.05, 0) is 163 Å². The smallest absolute Gasteiger partial charge is 0.411 e. The van der Waals surface area contributed by atoms with Crippen LogP contribution in [0.3, 0.4) is 0 Å². The Hall–Kier alpha value is -11.6. The maximum atomic E-state index is 14.9. The number of amides is 9. The van der Waals surface area contributed by atoms with E-state index >= 15 is 0 Å². The van der Waals surface area contributed by atoms with Gasteiger partial charge >= 0.3 is 18.2 Å². The Balaban J connectivity index is 0.000000182. The molecule has 6 N–H and O–H groups in total. The molecule has 616 valence electrons. The number of nitrogens with one attached hydrogen (secondary N) is 3. The summed E-state index contributed by atoms with van der Waals surface area (Å²) in [6.45, 7) is 11.8. The molecule has 2 saturated carbocycles. The minimum Gasteiger partial charge on any atom is -0.480 e. The lowest BCUT2D eigenvalue weighted by molar-refractivity contribution is -0.157. The van der Waals surface area contributed by atoms with Gasteiger partial charge in [-0.1, -0.05) is 183 Å². The van der Waals surface area contributed by atoms with Crippen molar-refractivity contribution in [1.82, 2.24) is 45.3 Å². The van der Waals surface area contributed by atoms with E-state index < -0.39 is 95.3 Å². The Kier molecular flexibility index (Phi) is 26.9. The SMILES string of the molecule is CC(C)(C)OC(=O)N1Cc2ccccc2CC1C(=O)O.CNC(=O)[C@H](Cc1ccc2ccccc2c1)N1CCN(C(=O)[C@@H](Cc2ccc(F)cc2)NC(=O)C2Cc3ccccc3CN2C(=O)OC(C)(C)C)[C@@H](CC2CC2)C1=O.CNC(=O)[C@H](Cc1ccc2ccccc2c1)N1CCN(C(=O)[C@H](N)Cc2ccc(F)cc2)[C@@H](CC2CC2)C1=O. The Morgan fingerprint density at radius 3 is 1.25 bits per heavy atom. The average Bonchev–Trinajstić information content (AvgIpc) is 1.78. The van der Waals surface area contributed by atoms with Crippen molar-refractivity contribution in [3.8, 4) is 0 Å². The third kappa shape index (κ3) is 21.7. The molecule has 14 rings (SSSR count). The third-order valence-corrected chi connectivity index (χ3v) is 22.5. The summed E-state index contributed by atoms with van der Waals surface area (Å²) in [5.41, 5.74) is 11.8. The predicted octanol–water partition coefficient (Wildman–Crippen LogP) is 11.0. The van der Waals surface area contributed by atoms with Gasteiger partial charge in [-0.2, -0.15) is 0 Å². The molecule has 6 aliphatic rings. The summed E-state index contributed by atoms with van der Waals surface area (Å²) in [4.78, 5) is 144. The van der Waals surface area contributed by atoms with Gasteiger partial charge in [0.15, 0.2) is 0 Å². The molecule has 8 aromatic carbocycles. The molecule has 4 aliphatic heterocycles. The second-order valence-electron chi connectivity index (χ2n) is 33.4. The molecule has 9 amide bonds. The number of fused-ring (bicyclic) bond motifs is 4. The summed E-state index contributed by atoms with van der Waals surface area (Å²) < 4.78 is 38.4. The van der Waals surface area contributed by atoms with Crippen molar-refractivity contribution < 1.29 is 71.3 Å². The third-order valence-electron chi connectivity index (χ3n) is 22.5. The topological polar surface area (TPSA) is 291 Å². The number of hydrogen-bond acceptors (Lipinski definition) is 13. The van der Waals surface area contributed by atoms with Crippen LogP contribution in [0.15, 0.2) is 182 Å². The van der Waals surface area contributed by atoms with Gasteiger partial charge in [0.1, 0.15) is 65.1 Å². The molecular formula is C92H106F2N10O13. The Labute approximate surface area is 681 Å². The summed E-state index contributed by atoms with van der Waals surface area (Å²) >= 11 is 0.